The minimum atomic E-state index is -0.420. The van der Waals surface area contributed by atoms with Gasteiger partial charge in [-0.25, -0.2) is 4.79 Å². The maximum absolute atomic E-state index is 11.8. The minimum absolute atomic E-state index is 0.00790. The van der Waals surface area contributed by atoms with E-state index >= 15 is 0 Å². The van der Waals surface area contributed by atoms with Gasteiger partial charge in [-0.3, -0.25) is 4.79 Å². The molecule has 0 unspecified atom stereocenters. The molecule has 3 rings (SSSR count). The Bertz CT molecular complexity index is 980. The van der Waals surface area contributed by atoms with Crippen LogP contribution < -0.4 is 0 Å². The molecule has 3 N–H and O–H groups in total. The van der Waals surface area contributed by atoms with Crippen molar-refractivity contribution in [3.05, 3.63) is 55.7 Å². The zero-order valence-electron chi connectivity index (χ0n) is 23.3. The number of ether oxygens (including phenoxy) is 1. The highest BCUT2D eigenvalue weighted by atomic mass is 35.5. The fourth-order valence-electron chi connectivity index (χ4n) is 4.33. The number of nitrogens with zero attached hydrogens (tertiary/aromatic N) is 1. The molecule has 1 saturated carbocycles. The Labute approximate surface area is 257 Å². The number of esters is 1. The van der Waals surface area contributed by atoms with Crippen molar-refractivity contribution < 1.29 is 29.6 Å². The highest BCUT2D eigenvalue weighted by Crippen LogP contribution is 2.33. The summed E-state index contributed by atoms with van der Waals surface area (Å²) in [5.74, 6) is 0.102. The largest absolute Gasteiger partial charge is 0.461 e. The highest BCUT2D eigenvalue weighted by Gasteiger charge is 2.22. The maximum atomic E-state index is 11.8. The third-order valence-electron chi connectivity index (χ3n) is 6.24. The fourth-order valence-corrected chi connectivity index (χ4v) is 6.29. The van der Waals surface area contributed by atoms with Gasteiger partial charge in [0.15, 0.2) is 0 Å². The number of aryl methyl sites for hydroxylation is 2. The number of benzene rings is 1. The van der Waals surface area contributed by atoms with Gasteiger partial charge in [0.2, 0.25) is 5.91 Å². The van der Waals surface area contributed by atoms with Gasteiger partial charge < -0.3 is 25.0 Å². The summed E-state index contributed by atoms with van der Waals surface area (Å²) in [7, 11) is 1.00. The van der Waals surface area contributed by atoms with Gasteiger partial charge in [0, 0.05) is 40.5 Å². The number of thiophene rings is 1. The zero-order valence-corrected chi connectivity index (χ0v) is 26.4. The normalized spacial score (nSPS) is 15.9. The molecule has 0 spiro atoms. The molecule has 1 aromatic carbocycles. The summed E-state index contributed by atoms with van der Waals surface area (Å²) in [5.41, 5.74) is 1.23. The van der Waals surface area contributed by atoms with Gasteiger partial charge in [-0.05, 0) is 80.3 Å². The number of amides is 1. The van der Waals surface area contributed by atoms with Crippen LogP contribution >= 0.6 is 46.1 Å². The first-order valence-corrected chi connectivity index (χ1v) is 15.6. The number of carbonyl (C=O) groups is 2. The Hall–Kier alpha value is -1.39. The van der Waals surface area contributed by atoms with Crippen LogP contribution in [0.4, 0.5) is 0 Å². The van der Waals surface area contributed by atoms with Crippen molar-refractivity contribution in [2.45, 2.75) is 63.7 Å². The van der Waals surface area contributed by atoms with E-state index in [4.69, 9.17) is 54.9 Å². The lowest BCUT2D eigenvalue weighted by Crippen LogP contribution is -2.36. The zero-order chi connectivity index (χ0) is 29.9. The van der Waals surface area contributed by atoms with Crippen molar-refractivity contribution >= 4 is 58.0 Å². The van der Waals surface area contributed by atoms with Crippen LogP contribution in [0.2, 0.25) is 10.0 Å². The van der Waals surface area contributed by atoms with Crippen LogP contribution in [0.3, 0.4) is 0 Å². The Morgan fingerprint density at radius 3 is 2.23 bits per heavy atom. The maximum Gasteiger partial charge on any atom is 0.348 e. The van der Waals surface area contributed by atoms with Crippen LogP contribution in [-0.2, 0) is 22.4 Å². The molecule has 7 nitrogen and oxygen atoms in total. The van der Waals surface area contributed by atoms with E-state index in [9.17, 15) is 9.59 Å². The van der Waals surface area contributed by atoms with Crippen molar-refractivity contribution in [2.75, 3.05) is 40.0 Å². The topological polar surface area (TPSA) is 107 Å². The molecule has 0 bridgehead atoms. The molecule has 2 aromatic rings. The van der Waals surface area contributed by atoms with E-state index in [1.54, 1.807) is 12.1 Å². The number of hydrogen-bond donors (Lipinski definition) is 3. The van der Waals surface area contributed by atoms with Crippen molar-refractivity contribution in [3.63, 3.8) is 0 Å². The van der Waals surface area contributed by atoms with E-state index < -0.39 is 5.97 Å². The van der Waals surface area contributed by atoms with Gasteiger partial charge in [-0.2, -0.15) is 0 Å². The number of hydrogen-bond acceptors (Lipinski definition) is 7. The summed E-state index contributed by atoms with van der Waals surface area (Å²) in [4.78, 5) is 26.7. The van der Waals surface area contributed by atoms with Gasteiger partial charge in [-0.1, -0.05) is 36.5 Å². The lowest BCUT2D eigenvalue weighted by Gasteiger charge is -2.20. The molecule has 226 valence electrons. The summed E-state index contributed by atoms with van der Waals surface area (Å²) in [6.07, 6.45) is 7.84. The van der Waals surface area contributed by atoms with Gasteiger partial charge in [0.25, 0.3) is 0 Å². The van der Waals surface area contributed by atoms with E-state index in [2.05, 4.69) is 6.92 Å². The highest BCUT2D eigenvalue weighted by molar-refractivity contribution is 7.13. The second kappa shape index (κ2) is 21.3. The molecule has 1 amide bonds. The van der Waals surface area contributed by atoms with Crippen molar-refractivity contribution in [2.24, 2.45) is 5.92 Å². The van der Waals surface area contributed by atoms with E-state index in [1.807, 2.05) is 18.2 Å². The summed E-state index contributed by atoms with van der Waals surface area (Å²) in [6.45, 7) is 2.07. The predicted octanol–water partition coefficient (Wildman–Crippen LogP) is 6.00. The van der Waals surface area contributed by atoms with Gasteiger partial charge in [0.05, 0.1) is 19.6 Å². The van der Waals surface area contributed by atoms with E-state index in [-0.39, 0.29) is 45.2 Å². The third kappa shape index (κ3) is 14.5. The second-order valence-electron chi connectivity index (χ2n) is 9.32. The third-order valence-corrected chi connectivity index (χ3v) is 8.20. The van der Waals surface area contributed by atoms with Gasteiger partial charge in [0.1, 0.15) is 11.5 Å². The summed E-state index contributed by atoms with van der Waals surface area (Å²) in [5, 5.41) is 26.6. The molecular weight excluding hydrogens is 597 g/mol. The van der Waals surface area contributed by atoms with Crippen LogP contribution in [0.15, 0.2) is 30.3 Å². The molecule has 1 aliphatic carbocycles. The Balaban J connectivity index is 0.000000391. The van der Waals surface area contributed by atoms with E-state index in [0.717, 1.165) is 53.6 Å². The SMILES string of the molecule is CCCc1ccc(C(=O)OCCC(=O)N(CCO)CCO)s1.CO.Clc1cc(Cl)cc(CC[C@H]2CC[C@@H](Cl)C2)c1. The van der Waals surface area contributed by atoms with Crippen LogP contribution in [0.25, 0.3) is 0 Å². The quantitative estimate of drug-likeness (QED) is 0.184. The lowest BCUT2D eigenvalue weighted by molar-refractivity contribution is -0.132. The van der Waals surface area contributed by atoms with Crippen LogP contribution in [0.5, 0.6) is 0 Å². The average Bonchev–Trinajstić information content (AvgIpc) is 3.57. The summed E-state index contributed by atoms with van der Waals surface area (Å²) in [6, 6.07) is 9.43. The molecular formula is C29H42Cl3NO6S. The molecule has 0 aliphatic heterocycles. The van der Waals surface area contributed by atoms with Crippen molar-refractivity contribution in [3.8, 4) is 0 Å². The molecule has 11 heteroatoms. The molecule has 0 saturated heterocycles. The minimum Gasteiger partial charge on any atom is -0.461 e. The van der Waals surface area contributed by atoms with E-state index in [0.29, 0.717) is 10.3 Å². The fraction of sp³-hybridized carbons (Fsp3) is 0.586. The molecule has 1 aliphatic rings. The summed E-state index contributed by atoms with van der Waals surface area (Å²) < 4.78 is 5.10. The summed E-state index contributed by atoms with van der Waals surface area (Å²) >= 11 is 19.4. The molecule has 2 atom stereocenters. The molecule has 0 radical (unpaired) electrons. The Morgan fingerprint density at radius 1 is 1.02 bits per heavy atom. The van der Waals surface area contributed by atoms with Crippen LogP contribution in [-0.4, -0.2) is 77.5 Å². The Morgan fingerprint density at radius 2 is 1.68 bits per heavy atom. The van der Waals surface area contributed by atoms with Gasteiger partial charge >= 0.3 is 5.97 Å². The predicted molar refractivity (Wildman–Crippen MR) is 164 cm³/mol. The van der Waals surface area contributed by atoms with Gasteiger partial charge in [-0.15, -0.1) is 22.9 Å². The number of aliphatic hydroxyl groups excluding tert-OH is 3. The monoisotopic (exact) mass is 637 g/mol. The standard InChI is InChI=1S/C15H23NO5S.C13H15Cl3.CH4O/c1-2-3-12-4-5-13(22-12)15(20)21-11-6-14(19)16(7-9-17)8-10-18;14-11-4-3-9(5-11)1-2-10-6-12(15)8-13(16)7-10;1-2/h4-5,17-18H,2-3,6-11H2,1H3;6-9,11H,1-5H2;2H,1H3/t;9-,11+;/m.0./s1. The Kier molecular flexibility index (Phi) is 19.5. The van der Waals surface area contributed by atoms with Crippen molar-refractivity contribution in [1.82, 2.24) is 4.90 Å². The number of aliphatic hydroxyl groups is 3. The molecule has 1 heterocycles. The number of alkyl halides is 1. The first-order chi connectivity index (χ1) is 19.2. The first kappa shape index (κ1) is 36.6. The van der Waals surface area contributed by atoms with Crippen LogP contribution in [0, 0.1) is 5.92 Å². The van der Waals surface area contributed by atoms with E-state index in [1.165, 1.54) is 41.1 Å². The molecule has 40 heavy (non-hydrogen) atoms. The molecule has 1 fully saturated rings. The number of halogens is 3. The number of carbonyl (C=O) groups excluding carboxylic acids is 2. The van der Waals surface area contributed by atoms with Crippen molar-refractivity contribution in [1.29, 1.82) is 0 Å². The smallest absolute Gasteiger partial charge is 0.348 e. The van der Waals surface area contributed by atoms with Crippen LogP contribution in [0.1, 0.15) is 65.6 Å². The number of rotatable bonds is 13. The second-order valence-corrected chi connectivity index (χ2v) is 12.0. The average molecular weight is 639 g/mol. The molecule has 1 aromatic heterocycles. The lowest BCUT2D eigenvalue weighted by atomic mass is 9.98. The first-order valence-electron chi connectivity index (χ1n) is 13.5.